The van der Waals surface area contributed by atoms with E-state index in [1.807, 2.05) is 42.7 Å². The highest BCUT2D eigenvalue weighted by Crippen LogP contribution is 2.22. The summed E-state index contributed by atoms with van der Waals surface area (Å²) < 4.78 is 28.0. The van der Waals surface area contributed by atoms with Gasteiger partial charge in [-0.3, -0.25) is 4.90 Å². The lowest BCUT2D eigenvalue weighted by Crippen LogP contribution is -2.37. The Balaban J connectivity index is 1.90. The van der Waals surface area contributed by atoms with Crippen LogP contribution in [-0.4, -0.2) is 51.8 Å². The van der Waals surface area contributed by atoms with E-state index in [9.17, 15) is 8.42 Å². The molecular formula is C17H23ClN4O2S2. The third-order valence-corrected chi connectivity index (χ3v) is 7.22. The van der Waals surface area contributed by atoms with Crippen molar-refractivity contribution in [2.45, 2.75) is 39.5 Å². The molecule has 2 aromatic rings. The molecule has 1 aromatic heterocycles. The molecule has 6 nitrogen and oxygen atoms in total. The summed E-state index contributed by atoms with van der Waals surface area (Å²) in [7, 11) is -2.92. The zero-order valence-corrected chi connectivity index (χ0v) is 17.3. The van der Waals surface area contributed by atoms with Gasteiger partial charge in [0.25, 0.3) is 0 Å². The number of sulfone groups is 1. The summed E-state index contributed by atoms with van der Waals surface area (Å²) in [6, 6.07) is 7.55. The van der Waals surface area contributed by atoms with Gasteiger partial charge in [0.2, 0.25) is 0 Å². The fraction of sp³-hybridized carbons (Fsp3) is 0.529. The third kappa shape index (κ3) is 4.03. The Morgan fingerprint density at radius 3 is 2.54 bits per heavy atom. The van der Waals surface area contributed by atoms with E-state index in [1.165, 1.54) is 0 Å². The van der Waals surface area contributed by atoms with E-state index >= 15 is 0 Å². The standard InChI is InChI=1S/C17H23ClN4O2S2/c1-3-20(15-9-10-26(23,24)11-15)12-22-17(25)21(4-2)16(19-22)13-5-7-14(18)8-6-13/h5-8,15H,3-4,9-12H2,1-2H3/t15-/m0/s1. The Labute approximate surface area is 164 Å². The van der Waals surface area contributed by atoms with Crippen molar-refractivity contribution in [1.29, 1.82) is 0 Å². The van der Waals surface area contributed by atoms with Crippen LogP contribution in [0.2, 0.25) is 5.02 Å². The molecule has 0 amide bonds. The lowest BCUT2D eigenvalue weighted by Gasteiger charge is -2.26. The van der Waals surface area contributed by atoms with Crippen LogP contribution in [0.5, 0.6) is 0 Å². The molecule has 1 aromatic carbocycles. The molecule has 0 unspecified atom stereocenters. The van der Waals surface area contributed by atoms with Gasteiger partial charge in [-0.25, -0.2) is 13.1 Å². The maximum atomic E-state index is 11.8. The van der Waals surface area contributed by atoms with Gasteiger partial charge < -0.3 is 4.57 Å². The lowest BCUT2D eigenvalue weighted by atomic mass is 10.2. The second kappa shape index (κ2) is 7.80. The van der Waals surface area contributed by atoms with Crippen LogP contribution >= 0.6 is 23.8 Å². The van der Waals surface area contributed by atoms with E-state index in [1.54, 1.807) is 4.68 Å². The van der Waals surface area contributed by atoms with E-state index in [0.717, 1.165) is 17.9 Å². The summed E-state index contributed by atoms with van der Waals surface area (Å²) in [6.45, 7) is 6.01. The van der Waals surface area contributed by atoms with Crippen LogP contribution < -0.4 is 0 Å². The molecule has 0 spiro atoms. The molecule has 0 radical (unpaired) electrons. The van der Waals surface area contributed by atoms with Gasteiger partial charge in [0.15, 0.2) is 20.4 Å². The summed E-state index contributed by atoms with van der Waals surface area (Å²) in [4.78, 5) is 2.14. The average molecular weight is 415 g/mol. The van der Waals surface area contributed by atoms with E-state index in [-0.39, 0.29) is 17.5 Å². The molecule has 0 bridgehead atoms. The second-order valence-electron chi connectivity index (χ2n) is 6.46. The number of aromatic nitrogens is 3. The van der Waals surface area contributed by atoms with E-state index in [2.05, 4.69) is 4.90 Å². The van der Waals surface area contributed by atoms with Gasteiger partial charge in [-0.2, -0.15) is 5.10 Å². The number of hydrogen-bond donors (Lipinski definition) is 0. The Bertz CT molecular complexity index is 935. The molecule has 1 atom stereocenters. The Morgan fingerprint density at radius 2 is 2.00 bits per heavy atom. The number of benzene rings is 1. The van der Waals surface area contributed by atoms with Crippen LogP contribution in [0.3, 0.4) is 0 Å². The van der Waals surface area contributed by atoms with Crippen LogP contribution in [0.25, 0.3) is 11.4 Å². The number of rotatable bonds is 6. The molecule has 26 heavy (non-hydrogen) atoms. The predicted octanol–water partition coefficient (Wildman–Crippen LogP) is 3.22. The summed E-state index contributed by atoms with van der Waals surface area (Å²) in [6.07, 6.45) is 0.669. The van der Waals surface area contributed by atoms with Crippen molar-refractivity contribution in [2.75, 3.05) is 18.1 Å². The molecule has 3 rings (SSSR count). The van der Waals surface area contributed by atoms with Gasteiger partial charge in [-0.15, -0.1) is 0 Å². The van der Waals surface area contributed by atoms with E-state index in [0.29, 0.717) is 29.4 Å². The number of nitrogens with zero attached hydrogens (tertiary/aromatic N) is 4. The van der Waals surface area contributed by atoms with Crippen molar-refractivity contribution in [2.24, 2.45) is 0 Å². The van der Waals surface area contributed by atoms with Crippen molar-refractivity contribution in [3.05, 3.63) is 34.1 Å². The lowest BCUT2D eigenvalue weighted by molar-refractivity contribution is 0.164. The number of halogens is 1. The molecule has 1 aliphatic heterocycles. The fourth-order valence-electron chi connectivity index (χ4n) is 3.34. The van der Waals surface area contributed by atoms with Crippen LogP contribution in [0.15, 0.2) is 24.3 Å². The molecule has 1 aliphatic rings. The van der Waals surface area contributed by atoms with Crippen molar-refractivity contribution >= 4 is 33.7 Å². The molecule has 142 valence electrons. The van der Waals surface area contributed by atoms with Crippen molar-refractivity contribution in [3.8, 4) is 11.4 Å². The van der Waals surface area contributed by atoms with Crippen molar-refractivity contribution in [1.82, 2.24) is 19.2 Å². The fourth-order valence-corrected chi connectivity index (χ4v) is 5.54. The Hall–Kier alpha value is -1.22. The van der Waals surface area contributed by atoms with E-state index in [4.69, 9.17) is 28.9 Å². The molecule has 9 heteroatoms. The molecule has 2 heterocycles. The maximum Gasteiger partial charge on any atom is 0.199 e. The maximum absolute atomic E-state index is 11.8. The van der Waals surface area contributed by atoms with Crippen LogP contribution in [0, 0.1) is 4.77 Å². The summed E-state index contributed by atoms with van der Waals surface area (Å²) in [5, 5.41) is 5.39. The topological polar surface area (TPSA) is 60.1 Å². The zero-order valence-electron chi connectivity index (χ0n) is 14.9. The second-order valence-corrected chi connectivity index (χ2v) is 9.49. The third-order valence-electron chi connectivity index (χ3n) is 4.79. The Kier molecular flexibility index (Phi) is 5.86. The SMILES string of the molecule is CCN(Cn1nc(-c2ccc(Cl)cc2)n(CC)c1=S)[C@H]1CCS(=O)(=O)C1. The van der Waals surface area contributed by atoms with Crippen molar-refractivity contribution < 1.29 is 8.42 Å². The normalized spacial score (nSPS) is 19.3. The number of hydrogen-bond acceptors (Lipinski definition) is 5. The van der Waals surface area contributed by atoms with E-state index < -0.39 is 9.84 Å². The zero-order chi connectivity index (χ0) is 18.9. The first-order valence-corrected chi connectivity index (χ1v) is 11.3. The largest absolute Gasteiger partial charge is 0.300 e. The highest BCUT2D eigenvalue weighted by atomic mass is 35.5. The van der Waals surface area contributed by atoms with Crippen molar-refractivity contribution in [3.63, 3.8) is 0 Å². The predicted molar refractivity (Wildman–Crippen MR) is 107 cm³/mol. The molecule has 1 fully saturated rings. The van der Waals surface area contributed by atoms with Gasteiger partial charge in [-0.1, -0.05) is 18.5 Å². The van der Waals surface area contributed by atoms with Crippen LogP contribution in [0.1, 0.15) is 20.3 Å². The van der Waals surface area contributed by atoms with Crippen LogP contribution in [-0.2, 0) is 23.1 Å². The van der Waals surface area contributed by atoms with Crippen LogP contribution in [0.4, 0.5) is 0 Å². The monoisotopic (exact) mass is 414 g/mol. The highest BCUT2D eigenvalue weighted by molar-refractivity contribution is 7.91. The highest BCUT2D eigenvalue weighted by Gasteiger charge is 2.32. The van der Waals surface area contributed by atoms with Gasteiger partial charge in [-0.05, 0) is 56.4 Å². The molecule has 1 saturated heterocycles. The summed E-state index contributed by atoms with van der Waals surface area (Å²) in [5.41, 5.74) is 0.951. The smallest absolute Gasteiger partial charge is 0.199 e. The molecule has 0 aliphatic carbocycles. The first kappa shape index (κ1) is 19.5. The van der Waals surface area contributed by atoms with Gasteiger partial charge in [0, 0.05) is 23.2 Å². The minimum absolute atomic E-state index is 0.0256. The summed E-state index contributed by atoms with van der Waals surface area (Å²) in [5.74, 6) is 1.27. The van der Waals surface area contributed by atoms with Gasteiger partial charge >= 0.3 is 0 Å². The summed E-state index contributed by atoms with van der Waals surface area (Å²) >= 11 is 11.6. The minimum Gasteiger partial charge on any atom is -0.300 e. The molecule has 0 saturated carbocycles. The molecule has 0 N–H and O–H groups in total. The Morgan fingerprint density at radius 1 is 1.31 bits per heavy atom. The quantitative estimate of drug-likeness (QED) is 0.679. The van der Waals surface area contributed by atoms with Gasteiger partial charge in [0.05, 0.1) is 18.2 Å². The average Bonchev–Trinajstić information content (AvgIpc) is 3.12. The first-order chi connectivity index (χ1) is 12.3. The minimum atomic E-state index is -2.92. The van der Waals surface area contributed by atoms with Gasteiger partial charge in [0.1, 0.15) is 0 Å². The first-order valence-electron chi connectivity index (χ1n) is 8.72. The molecular weight excluding hydrogens is 392 g/mol.